The summed E-state index contributed by atoms with van der Waals surface area (Å²) in [5.41, 5.74) is 2.95. The number of aliphatic carboxylic acids is 1. The van der Waals surface area contributed by atoms with Crippen LogP contribution in [0.2, 0.25) is 0 Å². The van der Waals surface area contributed by atoms with Crippen LogP contribution in [0.1, 0.15) is 48.8 Å². The zero-order valence-corrected chi connectivity index (χ0v) is 11.4. The van der Waals surface area contributed by atoms with Crippen molar-refractivity contribution in [1.82, 2.24) is 0 Å². The molecule has 2 aliphatic rings. The maximum Gasteiger partial charge on any atom is 0.314 e. The van der Waals surface area contributed by atoms with Gasteiger partial charge >= 0.3 is 5.97 Å². The average Bonchev–Trinajstić information content (AvgIpc) is 2.37. The normalized spacial score (nSPS) is 20.3. The van der Waals surface area contributed by atoms with E-state index in [9.17, 15) is 9.90 Å². The molecule has 0 atom stereocenters. The molecule has 3 rings (SSSR count). The van der Waals surface area contributed by atoms with Crippen molar-refractivity contribution in [1.29, 1.82) is 0 Å². The lowest BCUT2D eigenvalue weighted by Gasteiger charge is -2.40. The Kier molecular flexibility index (Phi) is 3.00. The van der Waals surface area contributed by atoms with Crippen LogP contribution in [-0.2, 0) is 23.1 Å². The lowest BCUT2D eigenvalue weighted by molar-refractivity contribution is -0.147. The molecule has 0 saturated heterocycles. The summed E-state index contributed by atoms with van der Waals surface area (Å²) in [5, 5.41) is 9.63. The topological polar surface area (TPSA) is 46.5 Å². The van der Waals surface area contributed by atoms with E-state index < -0.39 is 11.4 Å². The van der Waals surface area contributed by atoms with Crippen molar-refractivity contribution in [2.24, 2.45) is 0 Å². The van der Waals surface area contributed by atoms with Crippen LogP contribution in [0.5, 0.6) is 5.75 Å². The molecule has 102 valence electrons. The molecule has 3 nitrogen and oxygen atoms in total. The molecule has 0 spiro atoms. The molecule has 0 bridgehead atoms. The van der Waals surface area contributed by atoms with Crippen molar-refractivity contribution in [2.45, 2.75) is 50.4 Å². The molecule has 0 radical (unpaired) electrons. The molecule has 3 heteroatoms. The van der Waals surface area contributed by atoms with Gasteiger partial charge in [-0.15, -0.1) is 0 Å². The van der Waals surface area contributed by atoms with E-state index in [1.165, 1.54) is 17.5 Å². The lowest BCUT2D eigenvalue weighted by atomic mass is 9.62. The first kappa shape index (κ1) is 12.5. The molecular weight excluding hydrogens is 240 g/mol. The maximum absolute atomic E-state index is 11.7. The van der Waals surface area contributed by atoms with E-state index in [2.05, 4.69) is 0 Å². The van der Waals surface area contributed by atoms with Gasteiger partial charge in [-0.1, -0.05) is 12.5 Å². The summed E-state index contributed by atoms with van der Waals surface area (Å²) in [6.45, 7) is 0. The fourth-order valence-electron chi connectivity index (χ4n) is 3.60. The summed E-state index contributed by atoms with van der Waals surface area (Å²) in [4.78, 5) is 11.7. The maximum atomic E-state index is 11.7. The molecule has 0 amide bonds. The third kappa shape index (κ3) is 1.75. The number of methoxy groups -OCH3 is 1. The number of hydrogen-bond acceptors (Lipinski definition) is 2. The molecule has 1 N–H and O–H groups in total. The van der Waals surface area contributed by atoms with Crippen LogP contribution in [0, 0.1) is 0 Å². The van der Waals surface area contributed by atoms with Gasteiger partial charge in [0.15, 0.2) is 0 Å². The van der Waals surface area contributed by atoms with E-state index in [-0.39, 0.29) is 0 Å². The van der Waals surface area contributed by atoms with Gasteiger partial charge in [0.25, 0.3) is 0 Å². The highest BCUT2D eigenvalue weighted by Crippen LogP contribution is 2.48. The number of carbonyl (C=O) groups is 1. The van der Waals surface area contributed by atoms with Gasteiger partial charge in [-0.3, -0.25) is 4.79 Å². The summed E-state index contributed by atoms with van der Waals surface area (Å²) < 4.78 is 5.44. The molecule has 2 aliphatic carbocycles. The summed E-state index contributed by atoms with van der Waals surface area (Å²) >= 11 is 0. The largest absolute Gasteiger partial charge is 0.496 e. The van der Waals surface area contributed by atoms with Gasteiger partial charge in [0.2, 0.25) is 0 Å². The van der Waals surface area contributed by atoms with Crippen molar-refractivity contribution >= 4 is 5.97 Å². The SMILES string of the molecule is COc1ccc(C2(C(=O)O)CCC2)c2c1CCCC2. The number of rotatable bonds is 3. The fraction of sp³-hybridized carbons (Fsp3) is 0.562. The van der Waals surface area contributed by atoms with Crippen LogP contribution in [-0.4, -0.2) is 18.2 Å². The van der Waals surface area contributed by atoms with Gasteiger partial charge in [0.1, 0.15) is 5.75 Å². The Hall–Kier alpha value is -1.51. The second-order valence-corrected chi connectivity index (χ2v) is 5.72. The Balaban J connectivity index is 2.14. The predicted molar refractivity (Wildman–Crippen MR) is 72.8 cm³/mol. The minimum absolute atomic E-state index is 0.617. The van der Waals surface area contributed by atoms with Gasteiger partial charge in [0, 0.05) is 0 Å². The van der Waals surface area contributed by atoms with Crippen LogP contribution < -0.4 is 4.74 Å². The molecule has 1 fully saturated rings. The molecule has 0 heterocycles. The minimum Gasteiger partial charge on any atom is -0.496 e. The standard InChI is InChI=1S/C16H20O3/c1-19-14-8-7-13(11-5-2-3-6-12(11)14)16(15(17)18)9-4-10-16/h7-8H,2-6,9-10H2,1H3,(H,17,18). The zero-order chi connectivity index (χ0) is 13.5. The van der Waals surface area contributed by atoms with Crippen molar-refractivity contribution in [3.63, 3.8) is 0 Å². The van der Waals surface area contributed by atoms with E-state index in [1.54, 1.807) is 7.11 Å². The van der Waals surface area contributed by atoms with Crippen LogP contribution in [0.15, 0.2) is 12.1 Å². The number of carboxylic acid groups (broad SMARTS) is 1. The van der Waals surface area contributed by atoms with Crippen molar-refractivity contribution < 1.29 is 14.6 Å². The van der Waals surface area contributed by atoms with E-state index in [0.717, 1.165) is 49.8 Å². The number of fused-ring (bicyclic) bond motifs is 1. The smallest absolute Gasteiger partial charge is 0.314 e. The fourth-order valence-corrected chi connectivity index (χ4v) is 3.60. The summed E-state index contributed by atoms with van der Waals surface area (Å²) in [7, 11) is 1.69. The van der Waals surface area contributed by atoms with Crippen LogP contribution in [0.3, 0.4) is 0 Å². The summed E-state index contributed by atoms with van der Waals surface area (Å²) in [6.07, 6.45) is 6.92. The third-order valence-corrected chi connectivity index (χ3v) is 4.84. The highest BCUT2D eigenvalue weighted by Gasteiger charge is 2.47. The number of benzene rings is 1. The van der Waals surface area contributed by atoms with Crippen molar-refractivity contribution in [3.05, 3.63) is 28.8 Å². The highest BCUT2D eigenvalue weighted by atomic mass is 16.5. The first-order valence-electron chi connectivity index (χ1n) is 7.12. The van der Waals surface area contributed by atoms with Crippen molar-refractivity contribution in [2.75, 3.05) is 7.11 Å². The highest BCUT2D eigenvalue weighted by molar-refractivity contribution is 5.83. The van der Waals surface area contributed by atoms with E-state index in [4.69, 9.17) is 4.74 Å². The van der Waals surface area contributed by atoms with Crippen LogP contribution in [0.25, 0.3) is 0 Å². The molecule has 1 saturated carbocycles. The van der Waals surface area contributed by atoms with Crippen LogP contribution in [0.4, 0.5) is 0 Å². The third-order valence-electron chi connectivity index (χ3n) is 4.84. The van der Waals surface area contributed by atoms with Gasteiger partial charge in [-0.05, 0) is 61.3 Å². The molecule has 1 aromatic rings. The van der Waals surface area contributed by atoms with Gasteiger partial charge in [0.05, 0.1) is 12.5 Å². The predicted octanol–water partition coefficient (Wildman–Crippen LogP) is 3.08. The van der Waals surface area contributed by atoms with E-state index in [1.807, 2.05) is 12.1 Å². The molecule has 0 aromatic heterocycles. The van der Waals surface area contributed by atoms with Gasteiger partial charge in [-0.2, -0.15) is 0 Å². The molecule has 1 aromatic carbocycles. The minimum atomic E-state index is -0.656. The van der Waals surface area contributed by atoms with E-state index >= 15 is 0 Å². The van der Waals surface area contributed by atoms with Gasteiger partial charge < -0.3 is 9.84 Å². The Morgan fingerprint density at radius 2 is 1.84 bits per heavy atom. The number of carboxylic acids is 1. The first-order valence-corrected chi connectivity index (χ1v) is 7.12. The Labute approximate surface area is 113 Å². The first-order chi connectivity index (χ1) is 9.19. The summed E-state index contributed by atoms with van der Waals surface area (Å²) in [6, 6.07) is 3.96. The molecule has 0 aliphatic heterocycles. The van der Waals surface area contributed by atoms with Crippen LogP contribution >= 0.6 is 0 Å². The molecule has 19 heavy (non-hydrogen) atoms. The molecule has 0 unspecified atom stereocenters. The van der Waals surface area contributed by atoms with Crippen molar-refractivity contribution in [3.8, 4) is 5.75 Å². The molecular formula is C16H20O3. The second-order valence-electron chi connectivity index (χ2n) is 5.72. The van der Waals surface area contributed by atoms with E-state index in [0.29, 0.717) is 0 Å². The van der Waals surface area contributed by atoms with Gasteiger partial charge in [-0.25, -0.2) is 0 Å². The quantitative estimate of drug-likeness (QED) is 0.908. The number of hydrogen-bond donors (Lipinski definition) is 1. The number of ether oxygens (including phenoxy) is 1. The Bertz CT molecular complexity index is 515. The zero-order valence-electron chi connectivity index (χ0n) is 11.4. The second kappa shape index (κ2) is 4.55. The Morgan fingerprint density at radius 3 is 2.37 bits per heavy atom. The average molecular weight is 260 g/mol. The monoisotopic (exact) mass is 260 g/mol. The Morgan fingerprint density at radius 1 is 1.16 bits per heavy atom. The summed E-state index contributed by atoms with van der Waals surface area (Å²) in [5.74, 6) is 0.273. The lowest BCUT2D eigenvalue weighted by Crippen LogP contribution is -2.43.